The predicted molar refractivity (Wildman–Crippen MR) is 107 cm³/mol. The number of aromatic nitrogens is 3. The highest BCUT2D eigenvalue weighted by Gasteiger charge is 2.14. The molecule has 2 heterocycles. The van der Waals surface area contributed by atoms with Gasteiger partial charge in [0, 0.05) is 18.6 Å². The van der Waals surface area contributed by atoms with Gasteiger partial charge in [0.2, 0.25) is 5.91 Å². The Morgan fingerprint density at radius 2 is 1.96 bits per heavy atom. The predicted octanol–water partition coefficient (Wildman–Crippen LogP) is 3.14. The molecule has 0 aliphatic rings. The maximum Gasteiger partial charge on any atom is 0.252 e. The standard InChI is InChI=1S/C18H16N4O3S2/c1-10-16(11(2)23)27-18(19-10)22-15(25)9-26-17-20-13(8-14(24)21-17)12-6-4-3-5-7-12/h3-8H,9H2,1-2H3,(H,19,22,25)(H,20,21,24). The van der Waals surface area contributed by atoms with Crippen LogP contribution in [0, 0.1) is 6.92 Å². The van der Waals surface area contributed by atoms with Crippen molar-refractivity contribution in [3.63, 3.8) is 0 Å². The lowest BCUT2D eigenvalue weighted by Gasteiger charge is -2.04. The van der Waals surface area contributed by atoms with Gasteiger partial charge in [-0.25, -0.2) is 9.97 Å². The molecule has 0 bridgehead atoms. The maximum absolute atomic E-state index is 12.1. The second kappa shape index (κ2) is 8.28. The highest BCUT2D eigenvalue weighted by Crippen LogP contribution is 2.23. The van der Waals surface area contributed by atoms with Gasteiger partial charge in [0.25, 0.3) is 5.56 Å². The van der Waals surface area contributed by atoms with Crippen LogP contribution in [0.2, 0.25) is 0 Å². The first-order chi connectivity index (χ1) is 12.9. The highest BCUT2D eigenvalue weighted by molar-refractivity contribution is 7.99. The van der Waals surface area contributed by atoms with Gasteiger partial charge in [-0.2, -0.15) is 0 Å². The Hall–Kier alpha value is -2.78. The Morgan fingerprint density at radius 3 is 2.63 bits per heavy atom. The van der Waals surface area contributed by atoms with E-state index in [0.717, 1.165) is 28.7 Å². The summed E-state index contributed by atoms with van der Waals surface area (Å²) in [7, 11) is 0. The summed E-state index contributed by atoms with van der Waals surface area (Å²) in [5, 5.41) is 3.40. The zero-order valence-corrected chi connectivity index (χ0v) is 16.2. The van der Waals surface area contributed by atoms with Crippen LogP contribution in [0.25, 0.3) is 11.3 Å². The van der Waals surface area contributed by atoms with Gasteiger partial charge in [-0.3, -0.25) is 14.4 Å². The molecular formula is C18H16N4O3S2. The highest BCUT2D eigenvalue weighted by atomic mass is 32.2. The number of thiazole rings is 1. The van der Waals surface area contributed by atoms with Crippen molar-refractivity contribution in [1.29, 1.82) is 0 Å². The topological polar surface area (TPSA) is 105 Å². The monoisotopic (exact) mass is 400 g/mol. The summed E-state index contributed by atoms with van der Waals surface area (Å²) in [4.78, 5) is 47.2. The molecule has 2 N–H and O–H groups in total. The van der Waals surface area contributed by atoms with Crippen molar-refractivity contribution in [3.05, 3.63) is 57.3 Å². The van der Waals surface area contributed by atoms with Gasteiger partial charge in [-0.05, 0) is 6.92 Å². The average molecular weight is 400 g/mol. The minimum absolute atomic E-state index is 0.0508. The first kappa shape index (κ1) is 19.0. The smallest absolute Gasteiger partial charge is 0.252 e. The third kappa shape index (κ3) is 4.89. The average Bonchev–Trinajstić information content (AvgIpc) is 3.01. The second-order valence-corrected chi connectivity index (χ2v) is 7.59. The molecule has 7 nitrogen and oxygen atoms in total. The summed E-state index contributed by atoms with van der Waals surface area (Å²) >= 11 is 2.26. The fourth-order valence-corrected chi connectivity index (χ4v) is 3.88. The number of amides is 1. The Morgan fingerprint density at radius 1 is 1.22 bits per heavy atom. The molecule has 0 aliphatic carbocycles. The van der Waals surface area contributed by atoms with E-state index in [4.69, 9.17) is 0 Å². The lowest BCUT2D eigenvalue weighted by molar-refractivity contribution is -0.113. The largest absolute Gasteiger partial charge is 0.301 e. The molecular weight excluding hydrogens is 384 g/mol. The molecule has 0 fully saturated rings. The molecule has 138 valence electrons. The van der Waals surface area contributed by atoms with E-state index in [1.807, 2.05) is 30.3 Å². The third-order valence-corrected chi connectivity index (χ3v) is 5.54. The number of anilines is 1. The van der Waals surface area contributed by atoms with Gasteiger partial charge in [-0.1, -0.05) is 53.4 Å². The molecule has 1 amide bonds. The number of aromatic amines is 1. The van der Waals surface area contributed by atoms with Crippen LogP contribution < -0.4 is 10.9 Å². The Bertz CT molecular complexity index is 1040. The van der Waals surface area contributed by atoms with E-state index >= 15 is 0 Å². The van der Waals surface area contributed by atoms with E-state index in [1.165, 1.54) is 13.0 Å². The van der Waals surface area contributed by atoms with Crippen molar-refractivity contribution in [3.8, 4) is 11.3 Å². The first-order valence-electron chi connectivity index (χ1n) is 8.00. The lowest BCUT2D eigenvalue weighted by atomic mass is 10.1. The second-order valence-electron chi connectivity index (χ2n) is 5.63. The van der Waals surface area contributed by atoms with Crippen LogP contribution in [0.15, 0.2) is 46.3 Å². The zero-order chi connectivity index (χ0) is 19.4. The van der Waals surface area contributed by atoms with E-state index in [-0.39, 0.29) is 23.0 Å². The molecule has 0 unspecified atom stereocenters. The Balaban J connectivity index is 1.67. The van der Waals surface area contributed by atoms with Crippen molar-refractivity contribution < 1.29 is 9.59 Å². The molecule has 3 rings (SSSR count). The summed E-state index contributed by atoms with van der Waals surface area (Å²) in [5.41, 5.74) is 1.68. The molecule has 0 atom stereocenters. The van der Waals surface area contributed by atoms with Crippen molar-refractivity contribution in [1.82, 2.24) is 15.0 Å². The molecule has 27 heavy (non-hydrogen) atoms. The number of carbonyl (C=O) groups excluding carboxylic acids is 2. The SMILES string of the molecule is CC(=O)c1sc(NC(=O)CSc2nc(-c3ccccc3)cc(=O)[nH]2)nc1C. The minimum Gasteiger partial charge on any atom is -0.301 e. The first-order valence-corrected chi connectivity index (χ1v) is 9.80. The number of rotatable bonds is 6. The van der Waals surface area contributed by atoms with Gasteiger partial charge in [0.1, 0.15) is 0 Å². The molecule has 1 aromatic carbocycles. The Kier molecular flexibility index (Phi) is 5.82. The molecule has 9 heteroatoms. The van der Waals surface area contributed by atoms with Gasteiger partial charge in [-0.15, -0.1) is 0 Å². The number of nitrogens with one attached hydrogen (secondary N) is 2. The molecule has 0 aliphatic heterocycles. The summed E-state index contributed by atoms with van der Waals surface area (Å²) < 4.78 is 0. The molecule has 3 aromatic rings. The number of hydrogen-bond acceptors (Lipinski definition) is 7. The van der Waals surface area contributed by atoms with Gasteiger partial charge in [0.15, 0.2) is 16.1 Å². The van der Waals surface area contributed by atoms with Crippen molar-refractivity contribution in [2.24, 2.45) is 0 Å². The number of benzene rings is 1. The van der Waals surface area contributed by atoms with Crippen LogP contribution in [0.3, 0.4) is 0 Å². The van der Waals surface area contributed by atoms with E-state index in [9.17, 15) is 14.4 Å². The molecule has 2 aromatic heterocycles. The van der Waals surface area contributed by atoms with Crippen molar-refractivity contribution >= 4 is 39.9 Å². The Labute approximate surface area is 163 Å². The zero-order valence-electron chi connectivity index (χ0n) is 14.6. The number of H-pyrrole nitrogens is 1. The number of thioether (sulfide) groups is 1. The number of hydrogen-bond donors (Lipinski definition) is 2. The van der Waals surface area contributed by atoms with Crippen LogP contribution in [-0.4, -0.2) is 32.4 Å². The normalized spacial score (nSPS) is 10.6. The number of aryl methyl sites for hydroxylation is 1. The summed E-state index contributed by atoms with van der Waals surface area (Å²) in [6, 6.07) is 10.8. The van der Waals surface area contributed by atoms with Crippen LogP contribution in [0.4, 0.5) is 5.13 Å². The van der Waals surface area contributed by atoms with Crippen molar-refractivity contribution in [2.45, 2.75) is 19.0 Å². The summed E-state index contributed by atoms with van der Waals surface area (Å²) in [5.74, 6) is -0.328. The van der Waals surface area contributed by atoms with E-state index in [1.54, 1.807) is 6.92 Å². The molecule has 0 spiro atoms. The van der Waals surface area contributed by atoms with E-state index in [0.29, 0.717) is 26.6 Å². The van der Waals surface area contributed by atoms with Gasteiger partial charge < -0.3 is 10.3 Å². The van der Waals surface area contributed by atoms with Crippen LogP contribution in [0.5, 0.6) is 0 Å². The number of ketones is 1. The minimum atomic E-state index is -0.295. The molecule has 0 radical (unpaired) electrons. The van der Waals surface area contributed by atoms with E-state index in [2.05, 4.69) is 20.3 Å². The van der Waals surface area contributed by atoms with Crippen molar-refractivity contribution in [2.75, 3.05) is 11.1 Å². The fourth-order valence-electron chi connectivity index (χ4n) is 2.33. The van der Waals surface area contributed by atoms with Gasteiger partial charge in [0.05, 0.1) is 22.0 Å². The molecule has 0 saturated heterocycles. The molecule has 0 saturated carbocycles. The number of nitrogens with zero attached hydrogens (tertiary/aromatic N) is 2. The summed E-state index contributed by atoms with van der Waals surface area (Å²) in [6.45, 7) is 3.19. The summed E-state index contributed by atoms with van der Waals surface area (Å²) in [6.07, 6.45) is 0. The lowest BCUT2D eigenvalue weighted by Crippen LogP contribution is -2.15. The number of carbonyl (C=O) groups is 2. The van der Waals surface area contributed by atoms with Crippen LogP contribution in [0.1, 0.15) is 22.3 Å². The van der Waals surface area contributed by atoms with Crippen LogP contribution in [-0.2, 0) is 4.79 Å². The van der Waals surface area contributed by atoms with Gasteiger partial charge >= 0.3 is 0 Å². The maximum atomic E-state index is 12.1. The fraction of sp³-hybridized carbons (Fsp3) is 0.167. The quantitative estimate of drug-likeness (QED) is 0.374. The van der Waals surface area contributed by atoms with Crippen LogP contribution >= 0.6 is 23.1 Å². The van der Waals surface area contributed by atoms with E-state index < -0.39 is 0 Å². The third-order valence-electron chi connectivity index (χ3n) is 3.49. The number of Topliss-reactive ketones (excluding diaryl/α,β-unsaturated/α-hetero) is 1.